The van der Waals surface area contributed by atoms with E-state index in [2.05, 4.69) is 0 Å². The number of alkyl halides is 3. The van der Waals surface area contributed by atoms with Gasteiger partial charge in [-0.25, -0.2) is 4.99 Å². The van der Waals surface area contributed by atoms with Gasteiger partial charge in [0.15, 0.2) is 16.7 Å². The van der Waals surface area contributed by atoms with Crippen LogP contribution in [0.2, 0.25) is 0 Å². The highest BCUT2D eigenvalue weighted by molar-refractivity contribution is 8.19. The lowest BCUT2D eigenvalue weighted by Crippen LogP contribution is -2.28. The summed E-state index contributed by atoms with van der Waals surface area (Å²) in [6, 6.07) is 21.6. The van der Waals surface area contributed by atoms with Crippen molar-refractivity contribution in [3.8, 4) is 17.2 Å². The van der Waals surface area contributed by atoms with Crippen LogP contribution in [0.4, 0.5) is 30.2 Å². The molecule has 1 fully saturated rings. The Balaban J connectivity index is 1.50. The van der Waals surface area contributed by atoms with Crippen molar-refractivity contribution in [1.82, 2.24) is 0 Å². The predicted octanol–water partition coefficient (Wildman–Crippen LogP) is 8.84. The average Bonchev–Trinajstić information content (AvgIpc) is 3.29. The number of rotatable bonds is 7. The minimum Gasteiger partial charge on any atom is -0.493 e. The van der Waals surface area contributed by atoms with Crippen LogP contribution in [0.5, 0.6) is 17.2 Å². The van der Waals surface area contributed by atoms with E-state index in [9.17, 15) is 28.1 Å². The van der Waals surface area contributed by atoms with Crippen molar-refractivity contribution < 1.29 is 32.4 Å². The molecule has 0 aliphatic carbocycles. The van der Waals surface area contributed by atoms with Crippen LogP contribution in [-0.4, -0.2) is 23.1 Å². The zero-order chi connectivity index (χ0) is 31.6. The molecular formula is C32H24F3N3O5S. The number of amides is 1. The Labute approximate surface area is 254 Å². The number of aliphatic imine (C=N–C) groups is 1. The summed E-state index contributed by atoms with van der Waals surface area (Å²) in [5.41, 5.74) is 1.87. The molecule has 0 unspecified atom stereocenters. The van der Waals surface area contributed by atoms with Gasteiger partial charge in [0.25, 0.3) is 5.91 Å². The number of thioether (sulfide) groups is 1. The highest BCUT2D eigenvalue weighted by Gasteiger charge is 2.35. The van der Waals surface area contributed by atoms with Gasteiger partial charge in [-0.3, -0.25) is 19.8 Å². The van der Waals surface area contributed by atoms with Crippen LogP contribution in [0, 0.1) is 24.0 Å². The fraction of sp³-hybridized carbons (Fsp3) is 0.125. The number of hydrogen-bond donors (Lipinski definition) is 0. The van der Waals surface area contributed by atoms with Crippen molar-refractivity contribution in [2.75, 3.05) is 12.0 Å². The topological polar surface area (TPSA) is 94.3 Å². The van der Waals surface area contributed by atoms with Crippen molar-refractivity contribution >= 4 is 46.0 Å². The zero-order valence-corrected chi connectivity index (χ0v) is 24.4. The van der Waals surface area contributed by atoms with Crippen LogP contribution in [0.1, 0.15) is 22.3 Å². The van der Waals surface area contributed by atoms with E-state index in [0.29, 0.717) is 33.5 Å². The number of benzene rings is 4. The molecule has 0 radical (unpaired) electrons. The highest BCUT2D eigenvalue weighted by Crippen LogP contribution is 2.42. The Morgan fingerprint density at radius 2 is 1.59 bits per heavy atom. The van der Waals surface area contributed by atoms with Crippen LogP contribution in [0.25, 0.3) is 6.08 Å². The monoisotopic (exact) mass is 619 g/mol. The standard InChI is InChI=1S/C32H24F3N3O5S/c1-19-8-7-9-20(2)29(19)36-31-37(23-10-5-4-6-11-23)30(39)28(44-31)17-21-12-14-26(27(16-21)42-3)43-25-15-13-22(32(33,34)35)18-24(25)38(40)41/h4-18H,1-3H3. The maximum atomic E-state index is 13.7. The molecule has 1 aliphatic heterocycles. The molecule has 0 atom stereocenters. The summed E-state index contributed by atoms with van der Waals surface area (Å²) in [6.45, 7) is 3.90. The van der Waals surface area contributed by atoms with Crippen LogP contribution < -0.4 is 14.4 Å². The van der Waals surface area contributed by atoms with Gasteiger partial charge in [-0.2, -0.15) is 13.2 Å². The van der Waals surface area contributed by atoms with Crippen molar-refractivity contribution in [2.24, 2.45) is 4.99 Å². The van der Waals surface area contributed by atoms with Crippen LogP contribution >= 0.6 is 11.8 Å². The SMILES string of the molecule is COc1cc(C=C2SC(=Nc3c(C)cccc3C)N(c3ccccc3)C2=O)ccc1Oc1ccc(C(F)(F)F)cc1[N+](=O)[O-]. The van der Waals surface area contributed by atoms with E-state index in [1.807, 2.05) is 62.4 Å². The summed E-state index contributed by atoms with van der Waals surface area (Å²) < 4.78 is 50.4. The number of para-hydroxylation sites is 2. The van der Waals surface area contributed by atoms with Crippen LogP contribution in [0.15, 0.2) is 94.8 Å². The zero-order valence-electron chi connectivity index (χ0n) is 23.6. The molecule has 0 saturated carbocycles. The number of methoxy groups -OCH3 is 1. The summed E-state index contributed by atoms with van der Waals surface area (Å²) in [5.74, 6) is -0.495. The number of anilines is 1. The molecule has 4 aromatic rings. The summed E-state index contributed by atoms with van der Waals surface area (Å²) in [7, 11) is 1.35. The van der Waals surface area contributed by atoms with Gasteiger partial charge in [-0.1, -0.05) is 42.5 Å². The Morgan fingerprint density at radius 1 is 0.909 bits per heavy atom. The molecule has 12 heteroatoms. The van der Waals surface area contributed by atoms with E-state index in [1.54, 1.807) is 23.1 Å². The Morgan fingerprint density at radius 3 is 2.23 bits per heavy atom. The minimum absolute atomic E-state index is 0.0334. The van der Waals surface area contributed by atoms with Gasteiger partial charge >= 0.3 is 11.9 Å². The molecule has 1 amide bonds. The molecule has 44 heavy (non-hydrogen) atoms. The second-order valence-electron chi connectivity index (χ2n) is 9.67. The first-order valence-electron chi connectivity index (χ1n) is 13.1. The van der Waals surface area contributed by atoms with Gasteiger partial charge in [0, 0.05) is 6.07 Å². The molecule has 224 valence electrons. The number of nitrogens with zero attached hydrogens (tertiary/aromatic N) is 3. The van der Waals surface area contributed by atoms with E-state index in [4.69, 9.17) is 14.5 Å². The first-order chi connectivity index (χ1) is 21.0. The number of carbonyl (C=O) groups is 1. The van der Waals surface area contributed by atoms with Crippen molar-refractivity contribution in [3.05, 3.63) is 122 Å². The summed E-state index contributed by atoms with van der Waals surface area (Å²) in [4.78, 5) is 31.0. The molecule has 0 aromatic heterocycles. The van der Waals surface area contributed by atoms with E-state index >= 15 is 0 Å². The molecule has 4 aromatic carbocycles. The van der Waals surface area contributed by atoms with Crippen LogP contribution in [0.3, 0.4) is 0 Å². The Kier molecular flexibility index (Phi) is 8.45. The molecule has 8 nitrogen and oxygen atoms in total. The lowest BCUT2D eigenvalue weighted by Gasteiger charge is -2.16. The summed E-state index contributed by atoms with van der Waals surface area (Å²) in [5, 5.41) is 12.0. The number of aryl methyl sites for hydroxylation is 2. The Hall–Kier alpha value is -5.10. The highest BCUT2D eigenvalue weighted by atomic mass is 32.2. The smallest absolute Gasteiger partial charge is 0.416 e. The van der Waals surface area contributed by atoms with Crippen molar-refractivity contribution in [2.45, 2.75) is 20.0 Å². The predicted molar refractivity (Wildman–Crippen MR) is 164 cm³/mol. The van der Waals surface area contributed by atoms with Gasteiger partial charge in [0.2, 0.25) is 5.75 Å². The molecule has 0 spiro atoms. The number of amidine groups is 1. The van der Waals surface area contributed by atoms with Crippen molar-refractivity contribution in [1.29, 1.82) is 0 Å². The lowest BCUT2D eigenvalue weighted by atomic mass is 10.1. The van der Waals surface area contributed by atoms with Crippen LogP contribution in [-0.2, 0) is 11.0 Å². The largest absolute Gasteiger partial charge is 0.493 e. The number of carbonyl (C=O) groups excluding carboxylic acids is 1. The third kappa shape index (κ3) is 6.30. The lowest BCUT2D eigenvalue weighted by molar-refractivity contribution is -0.385. The van der Waals surface area contributed by atoms with E-state index in [-0.39, 0.29) is 23.2 Å². The number of ether oxygens (including phenoxy) is 2. The van der Waals surface area contributed by atoms with Gasteiger partial charge in [-0.15, -0.1) is 0 Å². The molecule has 1 heterocycles. The fourth-order valence-corrected chi connectivity index (χ4v) is 5.47. The van der Waals surface area contributed by atoms with Gasteiger partial charge in [-0.05, 0) is 84.8 Å². The fourth-order valence-electron chi connectivity index (χ4n) is 4.48. The second kappa shape index (κ2) is 12.3. The Bertz CT molecular complexity index is 1800. The minimum atomic E-state index is -4.76. The van der Waals surface area contributed by atoms with E-state index in [1.165, 1.54) is 24.9 Å². The number of nitro groups is 1. The first-order valence-corrected chi connectivity index (χ1v) is 13.9. The van der Waals surface area contributed by atoms with E-state index in [0.717, 1.165) is 22.9 Å². The van der Waals surface area contributed by atoms with Gasteiger partial charge < -0.3 is 9.47 Å². The summed E-state index contributed by atoms with van der Waals surface area (Å²) in [6.07, 6.45) is -3.10. The number of nitro benzene ring substituents is 1. The third-order valence-corrected chi connectivity index (χ3v) is 7.62. The molecule has 1 aliphatic rings. The summed E-state index contributed by atoms with van der Waals surface area (Å²) >= 11 is 1.21. The first kappa shape index (κ1) is 30.4. The third-order valence-electron chi connectivity index (χ3n) is 6.66. The quantitative estimate of drug-likeness (QED) is 0.117. The molecule has 1 saturated heterocycles. The maximum Gasteiger partial charge on any atom is 0.416 e. The van der Waals surface area contributed by atoms with E-state index < -0.39 is 22.4 Å². The van der Waals surface area contributed by atoms with Crippen molar-refractivity contribution in [3.63, 3.8) is 0 Å². The normalized spacial score (nSPS) is 15.2. The van der Waals surface area contributed by atoms with Gasteiger partial charge in [0.1, 0.15) is 0 Å². The average molecular weight is 620 g/mol. The number of halogens is 3. The number of hydrogen-bond acceptors (Lipinski definition) is 7. The molecule has 5 rings (SSSR count). The molecule has 0 bridgehead atoms. The second-order valence-corrected chi connectivity index (χ2v) is 10.7. The van der Waals surface area contributed by atoms with Gasteiger partial charge in [0.05, 0.1) is 33.9 Å². The molecule has 0 N–H and O–H groups in total. The molecular weight excluding hydrogens is 595 g/mol. The maximum absolute atomic E-state index is 13.7.